The lowest BCUT2D eigenvalue weighted by atomic mass is 10.00. The summed E-state index contributed by atoms with van der Waals surface area (Å²) in [5.74, 6) is 0.852. The molecule has 1 amide bonds. The van der Waals surface area contributed by atoms with Crippen molar-refractivity contribution in [3.63, 3.8) is 0 Å². The van der Waals surface area contributed by atoms with Crippen LogP contribution < -0.4 is 21.1 Å². The number of para-hydroxylation sites is 1. The number of hydrogen-bond acceptors (Lipinski definition) is 5. The fourth-order valence-electron chi connectivity index (χ4n) is 3.79. The second kappa shape index (κ2) is 7.26. The van der Waals surface area contributed by atoms with Gasteiger partial charge < -0.3 is 21.1 Å². The summed E-state index contributed by atoms with van der Waals surface area (Å²) in [4.78, 5) is 12.3. The van der Waals surface area contributed by atoms with Gasteiger partial charge in [-0.05, 0) is 30.2 Å². The third-order valence-electron chi connectivity index (χ3n) is 5.09. The monoisotopic (exact) mass is 377 g/mol. The number of nitrogens with zero attached hydrogens (tertiary/aromatic N) is 2. The molecule has 7 nitrogen and oxygen atoms in total. The van der Waals surface area contributed by atoms with Gasteiger partial charge in [0.1, 0.15) is 22.8 Å². The number of nitrogens with two attached hydrogens (primary N) is 1. The summed E-state index contributed by atoms with van der Waals surface area (Å²) in [7, 11) is 3.51. The maximum Gasteiger partial charge on any atom is 0.254 e. The van der Waals surface area contributed by atoms with Crippen molar-refractivity contribution in [1.82, 2.24) is 9.78 Å². The minimum atomic E-state index is -0.505. The van der Waals surface area contributed by atoms with Crippen molar-refractivity contribution >= 4 is 17.4 Å². The van der Waals surface area contributed by atoms with Gasteiger partial charge in [0.15, 0.2) is 0 Å². The molecule has 0 radical (unpaired) electrons. The molecular weight excluding hydrogens is 354 g/mol. The lowest BCUT2D eigenvalue weighted by Crippen LogP contribution is -2.26. The zero-order valence-corrected chi connectivity index (χ0v) is 15.9. The van der Waals surface area contributed by atoms with Gasteiger partial charge in [-0.1, -0.05) is 30.3 Å². The van der Waals surface area contributed by atoms with Gasteiger partial charge in [0.05, 0.1) is 13.2 Å². The molecular formula is C21H23N5O2. The molecule has 4 N–H and O–H groups in total. The summed E-state index contributed by atoms with van der Waals surface area (Å²) in [6.45, 7) is 0.728. The molecule has 0 spiro atoms. The standard InChI is InChI=1S/C21H23N5O2/c1-23-16-9-4-3-8-15(16)17-10-11-24-21-18(20(22)27)19(25-26(17)21)13-6-5-7-14(12-13)28-2/h3-9,12,17,23-24H,10-11H2,1-2H3,(H2,22,27). The van der Waals surface area contributed by atoms with Crippen molar-refractivity contribution in [2.45, 2.75) is 12.5 Å². The number of rotatable bonds is 5. The van der Waals surface area contributed by atoms with Crippen molar-refractivity contribution in [3.05, 3.63) is 59.7 Å². The zero-order valence-electron chi connectivity index (χ0n) is 15.9. The average molecular weight is 377 g/mol. The zero-order chi connectivity index (χ0) is 19.7. The molecule has 1 aliphatic heterocycles. The fraction of sp³-hybridized carbons (Fsp3) is 0.238. The van der Waals surface area contributed by atoms with E-state index in [0.717, 1.165) is 29.8 Å². The van der Waals surface area contributed by atoms with Crippen LogP contribution in [0.2, 0.25) is 0 Å². The minimum Gasteiger partial charge on any atom is -0.497 e. The normalized spacial score (nSPS) is 15.4. The molecule has 1 aliphatic rings. The SMILES string of the molecule is CNc1ccccc1C1CCNc2c(C(N)=O)c(-c3cccc(OC)c3)nn21. The first kappa shape index (κ1) is 17.9. The van der Waals surface area contributed by atoms with E-state index in [4.69, 9.17) is 15.6 Å². The average Bonchev–Trinajstić information content (AvgIpc) is 3.14. The van der Waals surface area contributed by atoms with E-state index in [-0.39, 0.29) is 6.04 Å². The Morgan fingerprint density at radius 1 is 1.29 bits per heavy atom. The molecule has 3 aromatic rings. The topological polar surface area (TPSA) is 94.2 Å². The highest BCUT2D eigenvalue weighted by Gasteiger charge is 2.31. The van der Waals surface area contributed by atoms with Gasteiger partial charge in [-0.3, -0.25) is 4.79 Å². The van der Waals surface area contributed by atoms with Gasteiger partial charge in [-0.2, -0.15) is 5.10 Å². The van der Waals surface area contributed by atoms with E-state index in [2.05, 4.69) is 16.7 Å². The van der Waals surface area contributed by atoms with E-state index in [0.29, 0.717) is 22.8 Å². The Morgan fingerprint density at radius 2 is 2.11 bits per heavy atom. The van der Waals surface area contributed by atoms with Crippen LogP contribution in [0.15, 0.2) is 48.5 Å². The van der Waals surface area contributed by atoms with Gasteiger partial charge in [-0.15, -0.1) is 0 Å². The molecule has 7 heteroatoms. The summed E-state index contributed by atoms with van der Waals surface area (Å²) in [5.41, 5.74) is 9.67. The number of hydrogen-bond donors (Lipinski definition) is 3. The molecule has 0 fully saturated rings. The van der Waals surface area contributed by atoms with Crippen LogP contribution in [0.4, 0.5) is 11.5 Å². The van der Waals surface area contributed by atoms with Crippen LogP contribution >= 0.6 is 0 Å². The smallest absolute Gasteiger partial charge is 0.254 e. The number of carbonyl (C=O) groups excluding carboxylic acids is 1. The number of aromatic nitrogens is 2. The third kappa shape index (κ3) is 2.94. The Kier molecular flexibility index (Phi) is 4.65. The highest BCUT2D eigenvalue weighted by Crippen LogP contribution is 2.39. The largest absolute Gasteiger partial charge is 0.497 e. The predicted molar refractivity (Wildman–Crippen MR) is 110 cm³/mol. The Morgan fingerprint density at radius 3 is 2.86 bits per heavy atom. The lowest BCUT2D eigenvalue weighted by Gasteiger charge is -2.27. The van der Waals surface area contributed by atoms with Gasteiger partial charge in [0.2, 0.25) is 0 Å². The van der Waals surface area contributed by atoms with Crippen LogP contribution in [0.1, 0.15) is 28.4 Å². The Balaban J connectivity index is 1.90. The third-order valence-corrected chi connectivity index (χ3v) is 5.09. The van der Waals surface area contributed by atoms with Crippen LogP contribution in [0.25, 0.3) is 11.3 Å². The van der Waals surface area contributed by atoms with E-state index < -0.39 is 5.91 Å². The van der Waals surface area contributed by atoms with Crippen LogP contribution in [-0.2, 0) is 0 Å². The lowest BCUT2D eigenvalue weighted by molar-refractivity contribution is 0.100. The summed E-state index contributed by atoms with van der Waals surface area (Å²) >= 11 is 0. The van der Waals surface area contributed by atoms with Gasteiger partial charge >= 0.3 is 0 Å². The summed E-state index contributed by atoms with van der Waals surface area (Å²) < 4.78 is 7.21. The Labute approximate surface area is 163 Å². The van der Waals surface area contributed by atoms with Gasteiger partial charge in [-0.25, -0.2) is 4.68 Å². The summed E-state index contributed by atoms with van der Waals surface area (Å²) in [6, 6.07) is 15.6. The number of methoxy groups -OCH3 is 1. The Hall–Kier alpha value is -3.48. The quantitative estimate of drug-likeness (QED) is 0.635. The molecule has 28 heavy (non-hydrogen) atoms. The van der Waals surface area contributed by atoms with Crippen LogP contribution in [0.5, 0.6) is 5.75 Å². The number of primary amides is 1. The van der Waals surface area contributed by atoms with Crippen LogP contribution in [-0.4, -0.2) is 36.4 Å². The van der Waals surface area contributed by atoms with E-state index >= 15 is 0 Å². The number of ether oxygens (including phenoxy) is 1. The molecule has 1 atom stereocenters. The number of nitrogens with one attached hydrogen (secondary N) is 2. The van der Waals surface area contributed by atoms with Crippen molar-refractivity contribution in [3.8, 4) is 17.0 Å². The van der Waals surface area contributed by atoms with Gasteiger partial charge in [0.25, 0.3) is 5.91 Å². The first-order valence-electron chi connectivity index (χ1n) is 9.21. The predicted octanol–water partition coefficient (Wildman–Crippen LogP) is 3.10. The second-order valence-electron chi connectivity index (χ2n) is 6.68. The number of amides is 1. The van der Waals surface area contributed by atoms with Crippen molar-refractivity contribution in [1.29, 1.82) is 0 Å². The highest BCUT2D eigenvalue weighted by atomic mass is 16.5. The van der Waals surface area contributed by atoms with E-state index in [1.807, 2.05) is 54.2 Å². The van der Waals surface area contributed by atoms with Crippen LogP contribution in [0.3, 0.4) is 0 Å². The van der Waals surface area contributed by atoms with Crippen molar-refractivity contribution in [2.75, 3.05) is 31.3 Å². The molecule has 0 saturated heterocycles. The number of anilines is 2. The van der Waals surface area contributed by atoms with Gasteiger partial charge in [0, 0.05) is 24.8 Å². The first-order chi connectivity index (χ1) is 13.6. The first-order valence-corrected chi connectivity index (χ1v) is 9.21. The number of fused-ring (bicyclic) bond motifs is 1. The van der Waals surface area contributed by atoms with Crippen molar-refractivity contribution in [2.24, 2.45) is 5.73 Å². The molecule has 144 valence electrons. The molecule has 0 aliphatic carbocycles. The highest BCUT2D eigenvalue weighted by molar-refractivity contribution is 6.04. The molecule has 2 aromatic carbocycles. The Bertz CT molecular complexity index is 1030. The van der Waals surface area contributed by atoms with E-state index in [9.17, 15) is 4.79 Å². The maximum absolute atomic E-state index is 12.3. The maximum atomic E-state index is 12.3. The summed E-state index contributed by atoms with van der Waals surface area (Å²) in [6.07, 6.45) is 0.850. The minimum absolute atomic E-state index is 0.00245. The molecule has 1 unspecified atom stereocenters. The van der Waals surface area contributed by atoms with E-state index in [1.165, 1.54) is 0 Å². The molecule has 0 saturated carbocycles. The fourth-order valence-corrected chi connectivity index (χ4v) is 3.79. The molecule has 1 aromatic heterocycles. The van der Waals surface area contributed by atoms with Crippen LogP contribution in [0, 0.1) is 0 Å². The molecule has 4 rings (SSSR count). The van der Waals surface area contributed by atoms with E-state index in [1.54, 1.807) is 7.11 Å². The second-order valence-corrected chi connectivity index (χ2v) is 6.68. The van der Waals surface area contributed by atoms with Crippen molar-refractivity contribution < 1.29 is 9.53 Å². The molecule has 2 heterocycles. The summed E-state index contributed by atoms with van der Waals surface area (Å²) in [5, 5.41) is 11.4. The number of carbonyl (C=O) groups is 1. The number of benzene rings is 2. The molecule has 0 bridgehead atoms.